The summed E-state index contributed by atoms with van der Waals surface area (Å²) < 4.78 is 3.71. The van der Waals surface area contributed by atoms with Crippen molar-refractivity contribution in [3.63, 3.8) is 0 Å². The molecule has 0 N–H and O–H groups in total. The molecule has 0 unspecified atom stereocenters. The van der Waals surface area contributed by atoms with Crippen LogP contribution in [-0.2, 0) is 0 Å². The van der Waals surface area contributed by atoms with Gasteiger partial charge in [-0.1, -0.05) is 152 Å². The lowest BCUT2D eigenvalue weighted by Gasteiger charge is -2.27. The third-order valence-electron chi connectivity index (χ3n) is 10.7. The van der Waals surface area contributed by atoms with Gasteiger partial charge in [0.15, 0.2) is 0 Å². The second-order valence-electron chi connectivity index (χ2n) is 14.0. The summed E-state index contributed by atoms with van der Waals surface area (Å²) >= 11 is 3.64. The van der Waals surface area contributed by atoms with Crippen LogP contribution in [0.25, 0.3) is 84.8 Å². The minimum absolute atomic E-state index is 1.01. The van der Waals surface area contributed by atoms with Gasteiger partial charge in [-0.05, 0) is 86.3 Å². The highest BCUT2D eigenvalue weighted by molar-refractivity contribution is 7.27. The fourth-order valence-corrected chi connectivity index (χ4v) is 10.4. The Bertz CT molecular complexity index is 3190. The number of nitrogens with zero attached hydrogens (tertiary/aromatic N) is 2. The Kier molecular flexibility index (Phi) is 7.58. The number of aromatic nitrogens is 1. The van der Waals surface area contributed by atoms with Crippen LogP contribution < -0.4 is 4.90 Å². The molecule has 0 saturated heterocycles. The van der Waals surface area contributed by atoms with E-state index in [1.54, 1.807) is 11.3 Å². The largest absolute Gasteiger partial charge is 0.308 e. The maximum atomic E-state index is 5.31. The molecule has 0 aliphatic carbocycles. The van der Waals surface area contributed by atoms with Crippen molar-refractivity contribution in [2.45, 2.75) is 0 Å². The molecule has 55 heavy (non-hydrogen) atoms. The average Bonchev–Trinajstić information content (AvgIpc) is 3.86. The molecule has 2 aromatic heterocycles. The molecule has 0 spiro atoms. The predicted octanol–water partition coefficient (Wildman–Crippen LogP) is 15.4. The van der Waals surface area contributed by atoms with Crippen LogP contribution in [0.4, 0.5) is 17.1 Å². The quantitative estimate of drug-likeness (QED) is 0.169. The number of anilines is 3. The molecule has 0 atom stereocenters. The standard InChI is InChI=1S/C51H32N2S2/c1-2-13-37(14-3-1)51-52-46-32-45-44-18-8-9-20-47(44)54-49(45)48(50(46)55-51)53(40-27-23-34(24-28-40)39-22-21-33-11-4-5-15-38(33)31-39)41-29-25-36(26-30-41)43-19-10-16-35-12-6-7-17-42(35)43/h1-32H. The number of fused-ring (bicyclic) bond motifs is 6. The Morgan fingerprint density at radius 1 is 0.382 bits per heavy atom. The molecule has 2 nitrogen and oxygen atoms in total. The highest BCUT2D eigenvalue weighted by Gasteiger charge is 2.24. The molecular formula is C51H32N2S2. The lowest BCUT2D eigenvalue weighted by molar-refractivity contribution is 1.32. The SMILES string of the molecule is c1ccc(-c2nc3cc4c(sc5ccccc54)c(N(c4ccc(-c5ccc6ccccc6c5)cc4)c4ccc(-c5cccc6ccccc56)cc4)c3s2)cc1. The van der Waals surface area contributed by atoms with E-state index < -0.39 is 0 Å². The highest BCUT2D eigenvalue weighted by Crippen LogP contribution is 2.51. The van der Waals surface area contributed by atoms with Crippen LogP contribution >= 0.6 is 22.7 Å². The highest BCUT2D eigenvalue weighted by atomic mass is 32.1. The molecule has 258 valence electrons. The number of hydrogen-bond acceptors (Lipinski definition) is 4. The molecule has 0 fully saturated rings. The number of rotatable bonds is 6. The van der Waals surface area contributed by atoms with Crippen LogP contribution in [0.1, 0.15) is 0 Å². The maximum Gasteiger partial charge on any atom is 0.124 e. The van der Waals surface area contributed by atoms with Crippen molar-refractivity contribution in [1.29, 1.82) is 0 Å². The summed E-state index contributed by atoms with van der Waals surface area (Å²) in [7, 11) is 0. The summed E-state index contributed by atoms with van der Waals surface area (Å²) in [6.45, 7) is 0. The fourth-order valence-electron chi connectivity index (χ4n) is 7.98. The minimum atomic E-state index is 1.01. The number of thiophene rings is 1. The summed E-state index contributed by atoms with van der Waals surface area (Å²) in [6.07, 6.45) is 0. The van der Waals surface area contributed by atoms with Gasteiger partial charge in [0, 0.05) is 32.4 Å². The lowest BCUT2D eigenvalue weighted by atomic mass is 9.98. The van der Waals surface area contributed by atoms with Gasteiger partial charge in [-0.2, -0.15) is 0 Å². The lowest BCUT2D eigenvalue weighted by Crippen LogP contribution is -2.10. The zero-order valence-electron chi connectivity index (χ0n) is 29.7. The third kappa shape index (κ3) is 5.49. The van der Waals surface area contributed by atoms with Crippen LogP contribution in [0, 0.1) is 0 Å². The maximum absolute atomic E-state index is 5.31. The predicted molar refractivity (Wildman–Crippen MR) is 239 cm³/mol. The van der Waals surface area contributed by atoms with Gasteiger partial charge in [-0.15, -0.1) is 22.7 Å². The van der Waals surface area contributed by atoms with Crippen LogP contribution in [0.2, 0.25) is 0 Å². The first kappa shape index (κ1) is 31.9. The second-order valence-corrected chi connectivity index (χ2v) is 16.0. The molecule has 0 amide bonds. The van der Waals surface area contributed by atoms with Gasteiger partial charge < -0.3 is 4.90 Å². The van der Waals surface area contributed by atoms with Crippen LogP contribution in [0.5, 0.6) is 0 Å². The van der Waals surface area contributed by atoms with E-state index in [1.165, 1.54) is 74.4 Å². The van der Waals surface area contributed by atoms with E-state index in [0.29, 0.717) is 0 Å². The summed E-state index contributed by atoms with van der Waals surface area (Å²) in [6, 6.07) is 70.3. The van der Waals surface area contributed by atoms with Gasteiger partial charge in [0.05, 0.1) is 20.6 Å². The fraction of sp³-hybridized carbons (Fsp3) is 0. The van der Waals surface area contributed by atoms with Gasteiger partial charge in [-0.3, -0.25) is 0 Å². The first-order valence-corrected chi connectivity index (χ1v) is 20.2. The zero-order chi connectivity index (χ0) is 36.3. The Labute approximate surface area is 326 Å². The summed E-state index contributed by atoms with van der Waals surface area (Å²) in [5.74, 6) is 0. The van der Waals surface area contributed by atoms with Gasteiger partial charge in [0.1, 0.15) is 5.01 Å². The van der Waals surface area contributed by atoms with Gasteiger partial charge in [-0.25, -0.2) is 4.98 Å². The van der Waals surface area contributed by atoms with Crippen LogP contribution in [-0.4, -0.2) is 4.98 Å². The molecule has 9 aromatic carbocycles. The van der Waals surface area contributed by atoms with Gasteiger partial charge in [0.25, 0.3) is 0 Å². The smallest absolute Gasteiger partial charge is 0.124 e. The van der Waals surface area contributed by atoms with Gasteiger partial charge in [0.2, 0.25) is 0 Å². The first-order valence-electron chi connectivity index (χ1n) is 18.5. The van der Waals surface area contributed by atoms with E-state index in [9.17, 15) is 0 Å². The third-order valence-corrected chi connectivity index (χ3v) is 13.0. The number of thiazole rings is 1. The molecule has 2 heterocycles. The van der Waals surface area contributed by atoms with Crippen LogP contribution in [0.3, 0.4) is 0 Å². The van der Waals surface area contributed by atoms with E-state index in [4.69, 9.17) is 4.98 Å². The first-order chi connectivity index (χ1) is 27.2. The molecule has 4 heteroatoms. The van der Waals surface area contributed by atoms with Crippen molar-refractivity contribution in [2.75, 3.05) is 4.90 Å². The van der Waals surface area contributed by atoms with Crippen molar-refractivity contribution < 1.29 is 0 Å². The summed E-state index contributed by atoms with van der Waals surface area (Å²) in [5, 5.41) is 8.52. The van der Waals surface area contributed by atoms with E-state index in [2.05, 4.69) is 199 Å². The Morgan fingerprint density at radius 2 is 1.02 bits per heavy atom. The average molecular weight is 737 g/mol. The zero-order valence-corrected chi connectivity index (χ0v) is 31.3. The summed E-state index contributed by atoms with van der Waals surface area (Å²) in [4.78, 5) is 7.77. The van der Waals surface area contributed by atoms with Crippen LogP contribution in [0.15, 0.2) is 194 Å². The Hall–Kier alpha value is -6.59. The van der Waals surface area contributed by atoms with Gasteiger partial charge >= 0.3 is 0 Å². The molecular weight excluding hydrogens is 705 g/mol. The van der Waals surface area contributed by atoms with E-state index in [1.807, 2.05) is 11.3 Å². The van der Waals surface area contributed by atoms with Crippen molar-refractivity contribution in [1.82, 2.24) is 4.98 Å². The number of benzene rings is 9. The van der Waals surface area contributed by atoms with Crippen molar-refractivity contribution in [2.24, 2.45) is 0 Å². The molecule has 0 bridgehead atoms. The minimum Gasteiger partial charge on any atom is -0.308 e. The normalized spacial score (nSPS) is 11.6. The van der Waals surface area contributed by atoms with E-state index in [0.717, 1.165) is 27.5 Å². The summed E-state index contributed by atoms with van der Waals surface area (Å²) in [5.41, 5.74) is 10.3. The molecule has 11 aromatic rings. The van der Waals surface area contributed by atoms with E-state index >= 15 is 0 Å². The second kappa shape index (κ2) is 13.1. The molecule has 0 aliphatic heterocycles. The Balaban J connectivity index is 1.14. The Morgan fingerprint density at radius 3 is 1.82 bits per heavy atom. The topological polar surface area (TPSA) is 16.1 Å². The molecule has 0 aliphatic rings. The van der Waals surface area contributed by atoms with Crippen molar-refractivity contribution >= 4 is 91.7 Å². The molecule has 0 radical (unpaired) electrons. The number of hydrogen-bond donors (Lipinski definition) is 0. The van der Waals surface area contributed by atoms with Crippen molar-refractivity contribution in [3.05, 3.63) is 194 Å². The van der Waals surface area contributed by atoms with E-state index in [-0.39, 0.29) is 0 Å². The molecule has 0 saturated carbocycles. The molecule has 11 rings (SSSR count). The van der Waals surface area contributed by atoms with Crippen molar-refractivity contribution in [3.8, 4) is 32.8 Å². The monoisotopic (exact) mass is 736 g/mol.